The Labute approximate surface area is 130 Å². The van der Waals surface area contributed by atoms with Gasteiger partial charge in [-0.25, -0.2) is 4.39 Å². The molecule has 108 valence electrons. The highest BCUT2D eigenvalue weighted by Crippen LogP contribution is 2.32. The first-order valence-corrected chi connectivity index (χ1v) is 7.86. The number of benzene rings is 2. The first-order valence-electron chi connectivity index (χ1n) is 6.98. The molecule has 0 bridgehead atoms. The van der Waals surface area contributed by atoms with Crippen LogP contribution in [0.4, 0.5) is 4.39 Å². The van der Waals surface area contributed by atoms with Crippen molar-refractivity contribution in [1.29, 1.82) is 0 Å². The predicted octanol–water partition coefficient (Wildman–Crippen LogP) is 6.29. The lowest BCUT2D eigenvalue weighted by molar-refractivity contribution is 0.627. The zero-order valence-electron chi connectivity index (χ0n) is 12.4. The van der Waals surface area contributed by atoms with Gasteiger partial charge in [-0.2, -0.15) is 0 Å². The van der Waals surface area contributed by atoms with Crippen LogP contribution in [0.3, 0.4) is 0 Å². The summed E-state index contributed by atoms with van der Waals surface area (Å²) in [5, 5.41) is 2.16. The van der Waals surface area contributed by atoms with Crippen molar-refractivity contribution in [2.24, 2.45) is 0 Å². The third-order valence-corrected chi connectivity index (χ3v) is 4.46. The molecule has 0 aliphatic carbocycles. The lowest BCUT2D eigenvalue weighted by Gasteiger charge is -2.11. The van der Waals surface area contributed by atoms with Crippen molar-refractivity contribution in [3.8, 4) is 0 Å². The number of hydrogen-bond acceptors (Lipinski definition) is 1. The van der Waals surface area contributed by atoms with Gasteiger partial charge in [0.25, 0.3) is 0 Å². The van der Waals surface area contributed by atoms with E-state index in [1.165, 1.54) is 17.7 Å². The van der Waals surface area contributed by atoms with Gasteiger partial charge in [-0.3, -0.25) is 0 Å². The van der Waals surface area contributed by atoms with Crippen LogP contribution in [0.25, 0.3) is 5.57 Å². The molecule has 2 rings (SSSR count). The van der Waals surface area contributed by atoms with E-state index < -0.39 is 0 Å². The minimum atomic E-state index is -0.236. The van der Waals surface area contributed by atoms with Gasteiger partial charge in [-0.15, -0.1) is 0 Å². The summed E-state index contributed by atoms with van der Waals surface area (Å²) in [6.45, 7) is 8.41. The van der Waals surface area contributed by atoms with E-state index in [1.54, 1.807) is 17.8 Å². The molecule has 0 saturated heterocycles. The van der Waals surface area contributed by atoms with Gasteiger partial charge in [-0.1, -0.05) is 61.2 Å². The van der Waals surface area contributed by atoms with Crippen LogP contribution in [-0.2, 0) is 0 Å². The minimum absolute atomic E-state index is 0.236. The quantitative estimate of drug-likeness (QED) is 0.584. The second-order valence-electron chi connectivity index (χ2n) is 4.92. The third kappa shape index (κ3) is 4.08. The zero-order chi connectivity index (χ0) is 15.2. The molecule has 0 fully saturated rings. The maximum Gasteiger partial charge on any atom is 0.123 e. The van der Waals surface area contributed by atoms with Crippen LogP contribution in [0.1, 0.15) is 31.4 Å². The van der Waals surface area contributed by atoms with Crippen LogP contribution in [0.5, 0.6) is 0 Å². The van der Waals surface area contributed by atoms with Gasteiger partial charge in [-0.05, 0) is 53.7 Å². The second kappa shape index (κ2) is 7.28. The van der Waals surface area contributed by atoms with Crippen molar-refractivity contribution < 1.29 is 4.39 Å². The molecule has 2 aromatic carbocycles. The van der Waals surface area contributed by atoms with Gasteiger partial charge in [0.15, 0.2) is 0 Å². The summed E-state index contributed by atoms with van der Waals surface area (Å²) < 4.78 is 13.4. The number of rotatable bonds is 5. The number of allylic oxidation sites excluding steroid dienone is 1. The topological polar surface area (TPSA) is 0 Å². The fourth-order valence-corrected chi connectivity index (χ4v) is 2.87. The number of thioether (sulfide) groups is 1. The van der Waals surface area contributed by atoms with Gasteiger partial charge in [0.05, 0.1) is 0 Å². The summed E-state index contributed by atoms with van der Waals surface area (Å²) in [4.78, 5) is 1.14. The molecule has 0 aromatic heterocycles. The SMILES string of the molecule is C=C(c1cccc(F)c1)c1ccccc1S/C=C(\C)CC. The van der Waals surface area contributed by atoms with E-state index in [0.29, 0.717) is 0 Å². The Morgan fingerprint density at radius 3 is 2.67 bits per heavy atom. The van der Waals surface area contributed by atoms with E-state index in [0.717, 1.165) is 28.0 Å². The van der Waals surface area contributed by atoms with Crippen molar-refractivity contribution in [3.63, 3.8) is 0 Å². The van der Waals surface area contributed by atoms with Crippen LogP contribution in [0.2, 0.25) is 0 Å². The average molecular weight is 298 g/mol. The first kappa shape index (κ1) is 15.6. The Balaban J connectivity index is 2.33. The Hall–Kier alpha value is -1.80. The highest BCUT2D eigenvalue weighted by molar-refractivity contribution is 8.02. The monoisotopic (exact) mass is 298 g/mol. The standard InChI is InChI=1S/C19H19FS/c1-4-14(2)13-21-19-11-6-5-10-18(19)15(3)16-8-7-9-17(20)12-16/h5-13H,3-4H2,1-2H3/b14-13+. The molecule has 2 aromatic rings. The van der Waals surface area contributed by atoms with Crippen molar-refractivity contribution in [2.75, 3.05) is 0 Å². The van der Waals surface area contributed by atoms with Crippen molar-refractivity contribution in [3.05, 3.63) is 83.0 Å². The summed E-state index contributed by atoms with van der Waals surface area (Å²) >= 11 is 1.69. The van der Waals surface area contributed by atoms with E-state index in [-0.39, 0.29) is 5.82 Å². The Kier molecular flexibility index (Phi) is 5.40. The summed E-state index contributed by atoms with van der Waals surface area (Å²) in [7, 11) is 0. The van der Waals surface area contributed by atoms with Gasteiger partial charge in [0.2, 0.25) is 0 Å². The third-order valence-electron chi connectivity index (χ3n) is 3.33. The van der Waals surface area contributed by atoms with Crippen LogP contribution in [-0.4, -0.2) is 0 Å². The van der Waals surface area contributed by atoms with Gasteiger partial charge < -0.3 is 0 Å². The summed E-state index contributed by atoms with van der Waals surface area (Å²) in [6, 6.07) is 14.7. The number of hydrogen-bond donors (Lipinski definition) is 0. The highest BCUT2D eigenvalue weighted by atomic mass is 32.2. The van der Waals surface area contributed by atoms with Gasteiger partial charge in [0.1, 0.15) is 5.82 Å². The molecule has 0 atom stereocenters. The number of halogens is 1. The lowest BCUT2D eigenvalue weighted by atomic mass is 9.99. The van der Waals surface area contributed by atoms with Crippen molar-refractivity contribution in [2.45, 2.75) is 25.2 Å². The van der Waals surface area contributed by atoms with Crippen LogP contribution in [0, 0.1) is 5.82 Å². The molecule has 0 amide bonds. The lowest BCUT2D eigenvalue weighted by Crippen LogP contribution is -1.90. The van der Waals surface area contributed by atoms with Crippen molar-refractivity contribution >= 4 is 17.3 Å². The molecular formula is C19H19FS. The maximum atomic E-state index is 13.4. The maximum absolute atomic E-state index is 13.4. The van der Waals surface area contributed by atoms with Gasteiger partial charge in [0, 0.05) is 4.90 Å². The molecular weight excluding hydrogens is 279 g/mol. The van der Waals surface area contributed by atoms with Crippen LogP contribution < -0.4 is 0 Å². The van der Waals surface area contributed by atoms with Crippen molar-refractivity contribution in [1.82, 2.24) is 0 Å². The molecule has 0 radical (unpaired) electrons. The average Bonchev–Trinajstić information content (AvgIpc) is 2.52. The molecule has 2 heteroatoms. The van der Waals surface area contributed by atoms with E-state index in [2.05, 4.69) is 31.9 Å². The smallest absolute Gasteiger partial charge is 0.123 e. The molecule has 21 heavy (non-hydrogen) atoms. The highest BCUT2D eigenvalue weighted by Gasteiger charge is 2.08. The predicted molar refractivity (Wildman–Crippen MR) is 90.9 cm³/mol. The normalized spacial score (nSPS) is 11.5. The van der Waals surface area contributed by atoms with E-state index in [1.807, 2.05) is 24.3 Å². The fourth-order valence-electron chi connectivity index (χ4n) is 1.90. The molecule has 0 nitrogen and oxygen atoms in total. The van der Waals surface area contributed by atoms with E-state index in [4.69, 9.17) is 0 Å². The summed E-state index contributed by atoms with van der Waals surface area (Å²) in [6.07, 6.45) is 1.04. The minimum Gasteiger partial charge on any atom is -0.207 e. The molecule has 0 unspecified atom stereocenters. The molecule has 0 N–H and O–H groups in total. The summed E-state index contributed by atoms with van der Waals surface area (Å²) in [5.74, 6) is -0.236. The molecule has 0 heterocycles. The van der Waals surface area contributed by atoms with Crippen LogP contribution >= 0.6 is 11.8 Å². The Bertz CT molecular complexity index is 671. The second-order valence-corrected chi connectivity index (χ2v) is 5.83. The van der Waals surface area contributed by atoms with Crippen LogP contribution in [0.15, 0.2) is 71.0 Å². The Morgan fingerprint density at radius 1 is 1.19 bits per heavy atom. The first-order chi connectivity index (χ1) is 10.1. The largest absolute Gasteiger partial charge is 0.207 e. The van der Waals surface area contributed by atoms with E-state index in [9.17, 15) is 4.39 Å². The zero-order valence-corrected chi connectivity index (χ0v) is 13.2. The van der Waals surface area contributed by atoms with E-state index >= 15 is 0 Å². The molecule has 0 aliphatic rings. The Morgan fingerprint density at radius 2 is 1.95 bits per heavy atom. The molecule has 0 spiro atoms. The van der Waals surface area contributed by atoms with Gasteiger partial charge >= 0.3 is 0 Å². The molecule has 0 saturated carbocycles. The summed E-state index contributed by atoms with van der Waals surface area (Å²) in [5.41, 5.74) is 4.05. The fraction of sp³-hybridized carbons (Fsp3) is 0.158. The molecule has 0 aliphatic heterocycles.